The Labute approximate surface area is 86.8 Å². The van der Waals surface area contributed by atoms with Crippen LogP contribution in [0.2, 0.25) is 0 Å². The zero-order valence-electron chi connectivity index (χ0n) is 9.17. The lowest BCUT2D eigenvalue weighted by Crippen LogP contribution is -2.52. The van der Waals surface area contributed by atoms with Crippen molar-refractivity contribution in [3.8, 4) is 0 Å². The van der Waals surface area contributed by atoms with Gasteiger partial charge in [-0.15, -0.1) is 0 Å². The number of hydrogen-bond donors (Lipinski definition) is 1. The molecule has 2 aliphatic heterocycles. The van der Waals surface area contributed by atoms with Gasteiger partial charge in [-0.25, -0.2) is 0 Å². The summed E-state index contributed by atoms with van der Waals surface area (Å²) in [6.45, 7) is 8.81. The summed E-state index contributed by atoms with van der Waals surface area (Å²) in [7, 11) is 0. The number of hydrogen-bond acceptors (Lipinski definition) is 3. The maximum atomic E-state index is 5.60. The summed E-state index contributed by atoms with van der Waals surface area (Å²) in [5, 5.41) is 3.49. The number of rotatable bonds is 2. The lowest BCUT2D eigenvalue weighted by Gasteiger charge is -2.41. The molecule has 0 aromatic heterocycles. The molecule has 2 fully saturated rings. The molecule has 3 nitrogen and oxygen atoms in total. The van der Waals surface area contributed by atoms with Crippen molar-refractivity contribution >= 4 is 0 Å². The van der Waals surface area contributed by atoms with E-state index in [0.29, 0.717) is 6.04 Å². The number of nitrogens with zero attached hydrogens (tertiary/aromatic N) is 1. The highest BCUT2D eigenvalue weighted by Gasteiger charge is 2.30. The van der Waals surface area contributed by atoms with Gasteiger partial charge in [0, 0.05) is 12.6 Å². The van der Waals surface area contributed by atoms with E-state index >= 15 is 0 Å². The molecule has 2 aliphatic rings. The third kappa shape index (κ3) is 2.27. The standard InChI is InChI=1S/C11H22N2O/c1-2-13-6-7-14-9-11(13)10-4-3-5-12-8-10/h10-12H,2-9H2,1H3. The van der Waals surface area contributed by atoms with E-state index in [0.717, 1.165) is 25.7 Å². The summed E-state index contributed by atoms with van der Waals surface area (Å²) < 4.78 is 5.60. The van der Waals surface area contributed by atoms with Gasteiger partial charge >= 0.3 is 0 Å². The first-order chi connectivity index (χ1) is 6.92. The minimum Gasteiger partial charge on any atom is -0.378 e. The number of nitrogens with one attached hydrogen (secondary N) is 1. The van der Waals surface area contributed by atoms with Crippen molar-refractivity contribution in [1.29, 1.82) is 0 Å². The predicted octanol–water partition coefficient (Wildman–Crippen LogP) is 0.707. The van der Waals surface area contributed by atoms with Gasteiger partial charge in [0.15, 0.2) is 0 Å². The lowest BCUT2D eigenvalue weighted by molar-refractivity contribution is -0.0313. The second kappa shape index (κ2) is 5.10. The Morgan fingerprint density at radius 1 is 1.50 bits per heavy atom. The maximum absolute atomic E-state index is 5.60. The molecule has 0 bridgehead atoms. The second-order valence-electron chi connectivity index (χ2n) is 4.38. The third-order valence-electron chi connectivity index (χ3n) is 3.57. The van der Waals surface area contributed by atoms with Gasteiger partial charge in [0.1, 0.15) is 0 Å². The van der Waals surface area contributed by atoms with Crippen LogP contribution in [0.4, 0.5) is 0 Å². The SMILES string of the molecule is CCN1CCOCC1C1CCCNC1. The van der Waals surface area contributed by atoms with E-state index in [2.05, 4.69) is 17.1 Å². The highest BCUT2D eigenvalue weighted by Crippen LogP contribution is 2.21. The summed E-state index contributed by atoms with van der Waals surface area (Å²) in [5.41, 5.74) is 0. The van der Waals surface area contributed by atoms with E-state index in [1.807, 2.05) is 0 Å². The average Bonchev–Trinajstić information content (AvgIpc) is 2.30. The molecule has 3 heteroatoms. The molecule has 0 radical (unpaired) electrons. The van der Waals surface area contributed by atoms with Crippen LogP contribution >= 0.6 is 0 Å². The monoisotopic (exact) mass is 198 g/mol. The first kappa shape index (κ1) is 10.4. The van der Waals surface area contributed by atoms with Crippen LogP contribution in [0.15, 0.2) is 0 Å². The topological polar surface area (TPSA) is 24.5 Å². The molecule has 2 unspecified atom stereocenters. The highest BCUT2D eigenvalue weighted by molar-refractivity contribution is 4.84. The smallest absolute Gasteiger partial charge is 0.0625 e. The molecular weight excluding hydrogens is 176 g/mol. The number of ether oxygens (including phenoxy) is 1. The van der Waals surface area contributed by atoms with Gasteiger partial charge in [0.05, 0.1) is 13.2 Å². The predicted molar refractivity (Wildman–Crippen MR) is 57.4 cm³/mol. The van der Waals surface area contributed by atoms with E-state index in [4.69, 9.17) is 4.74 Å². The van der Waals surface area contributed by atoms with Crippen LogP contribution in [-0.4, -0.2) is 50.3 Å². The molecule has 14 heavy (non-hydrogen) atoms. The van der Waals surface area contributed by atoms with Crippen molar-refractivity contribution in [2.75, 3.05) is 39.4 Å². The molecular formula is C11H22N2O. The van der Waals surface area contributed by atoms with E-state index < -0.39 is 0 Å². The molecule has 1 N–H and O–H groups in total. The molecule has 0 spiro atoms. The van der Waals surface area contributed by atoms with Gasteiger partial charge < -0.3 is 10.1 Å². The average molecular weight is 198 g/mol. The summed E-state index contributed by atoms with van der Waals surface area (Å²) in [4.78, 5) is 2.58. The second-order valence-corrected chi connectivity index (χ2v) is 4.38. The van der Waals surface area contributed by atoms with Gasteiger partial charge in [-0.3, -0.25) is 4.90 Å². The summed E-state index contributed by atoms with van der Waals surface area (Å²) in [6, 6.07) is 0.668. The maximum Gasteiger partial charge on any atom is 0.0625 e. The van der Waals surface area contributed by atoms with Crippen LogP contribution in [0.5, 0.6) is 0 Å². The van der Waals surface area contributed by atoms with Gasteiger partial charge in [0.2, 0.25) is 0 Å². The number of piperidine rings is 1. The van der Waals surface area contributed by atoms with Crippen LogP contribution in [0.25, 0.3) is 0 Å². The van der Waals surface area contributed by atoms with Gasteiger partial charge in [-0.2, -0.15) is 0 Å². The first-order valence-electron chi connectivity index (χ1n) is 5.94. The fraction of sp³-hybridized carbons (Fsp3) is 1.00. The zero-order chi connectivity index (χ0) is 9.80. The van der Waals surface area contributed by atoms with Gasteiger partial charge in [-0.1, -0.05) is 6.92 Å². The summed E-state index contributed by atoms with van der Waals surface area (Å²) >= 11 is 0. The Hall–Kier alpha value is -0.120. The normalized spacial score (nSPS) is 35.8. The van der Waals surface area contributed by atoms with Crippen LogP contribution in [0.3, 0.4) is 0 Å². The van der Waals surface area contributed by atoms with Crippen LogP contribution < -0.4 is 5.32 Å². The largest absolute Gasteiger partial charge is 0.378 e. The van der Waals surface area contributed by atoms with Gasteiger partial charge in [0.25, 0.3) is 0 Å². The minimum atomic E-state index is 0.668. The molecule has 0 aliphatic carbocycles. The Morgan fingerprint density at radius 3 is 3.14 bits per heavy atom. The van der Waals surface area contributed by atoms with Crippen molar-refractivity contribution < 1.29 is 4.74 Å². The molecule has 0 saturated carbocycles. The Bertz CT molecular complexity index is 169. The molecule has 82 valence electrons. The van der Waals surface area contributed by atoms with E-state index in [-0.39, 0.29) is 0 Å². The van der Waals surface area contributed by atoms with E-state index in [1.54, 1.807) is 0 Å². The third-order valence-corrected chi connectivity index (χ3v) is 3.57. The Balaban J connectivity index is 1.91. The number of morpholine rings is 1. The lowest BCUT2D eigenvalue weighted by atomic mass is 9.90. The molecule has 2 saturated heterocycles. The van der Waals surface area contributed by atoms with E-state index in [9.17, 15) is 0 Å². The molecule has 2 heterocycles. The minimum absolute atomic E-state index is 0.668. The molecule has 2 atom stereocenters. The van der Waals surface area contributed by atoms with Crippen molar-refractivity contribution in [2.45, 2.75) is 25.8 Å². The van der Waals surface area contributed by atoms with Gasteiger partial charge in [-0.05, 0) is 38.4 Å². The molecule has 0 aromatic rings. The van der Waals surface area contributed by atoms with Crippen LogP contribution in [0, 0.1) is 5.92 Å². The first-order valence-corrected chi connectivity index (χ1v) is 5.94. The zero-order valence-corrected chi connectivity index (χ0v) is 9.17. The Kier molecular flexibility index (Phi) is 3.79. The van der Waals surface area contributed by atoms with Crippen LogP contribution in [0.1, 0.15) is 19.8 Å². The fourth-order valence-corrected chi connectivity index (χ4v) is 2.69. The van der Waals surface area contributed by atoms with Crippen molar-refractivity contribution in [3.05, 3.63) is 0 Å². The Morgan fingerprint density at radius 2 is 2.43 bits per heavy atom. The van der Waals surface area contributed by atoms with E-state index in [1.165, 1.54) is 32.5 Å². The van der Waals surface area contributed by atoms with Crippen molar-refractivity contribution in [3.63, 3.8) is 0 Å². The van der Waals surface area contributed by atoms with Crippen molar-refractivity contribution in [1.82, 2.24) is 10.2 Å². The van der Waals surface area contributed by atoms with Crippen molar-refractivity contribution in [2.24, 2.45) is 5.92 Å². The summed E-state index contributed by atoms with van der Waals surface area (Å²) in [5.74, 6) is 0.809. The fourth-order valence-electron chi connectivity index (χ4n) is 2.69. The highest BCUT2D eigenvalue weighted by atomic mass is 16.5. The van der Waals surface area contributed by atoms with Crippen LogP contribution in [-0.2, 0) is 4.74 Å². The number of likely N-dealkylation sites (N-methyl/N-ethyl adjacent to an activating group) is 1. The molecule has 0 aromatic carbocycles. The molecule has 0 amide bonds. The molecule has 2 rings (SSSR count). The summed E-state index contributed by atoms with van der Waals surface area (Å²) in [6.07, 6.45) is 2.70. The quantitative estimate of drug-likeness (QED) is 0.707.